The standard InChI is InChI=1S/C13H22N2O/c1-11(7-9-16-2)13(14)6-5-12-4-3-8-15-10-12/h3-4,8,10-11,13H,5-7,9,14H2,1-2H3. The zero-order valence-electron chi connectivity index (χ0n) is 10.2. The highest BCUT2D eigenvalue weighted by Gasteiger charge is 2.12. The molecule has 3 nitrogen and oxygen atoms in total. The van der Waals surface area contributed by atoms with E-state index in [4.69, 9.17) is 10.5 Å². The fraction of sp³-hybridized carbons (Fsp3) is 0.615. The molecule has 0 radical (unpaired) electrons. The molecule has 16 heavy (non-hydrogen) atoms. The van der Waals surface area contributed by atoms with Crippen LogP contribution in [-0.4, -0.2) is 24.7 Å². The van der Waals surface area contributed by atoms with Crippen molar-refractivity contribution in [2.45, 2.75) is 32.2 Å². The third kappa shape index (κ3) is 4.73. The Morgan fingerprint density at radius 3 is 2.88 bits per heavy atom. The van der Waals surface area contributed by atoms with Crippen LogP contribution in [0.4, 0.5) is 0 Å². The van der Waals surface area contributed by atoms with Gasteiger partial charge in [-0.05, 0) is 36.8 Å². The topological polar surface area (TPSA) is 48.1 Å². The molecule has 0 aromatic carbocycles. The van der Waals surface area contributed by atoms with Crippen LogP contribution in [0, 0.1) is 5.92 Å². The zero-order valence-corrected chi connectivity index (χ0v) is 10.2. The average Bonchev–Trinajstić information content (AvgIpc) is 2.34. The first kappa shape index (κ1) is 13.1. The molecule has 1 heterocycles. The second-order valence-electron chi connectivity index (χ2n) is 4.32. The summed E-state index contributed by atoms with van der Waals surface area (Å²) in [5.41, 5.74) is 7.39. The van der Waals surface area contributed by atoms with Crippen molar-refractivity contribution in [3.63, 3.8) is 0 Å². The maximum atomic E-state index is 6.13. The highest BCUT2D eigenvalue weighted by Crippen LogP contribution is 2.12. The van der Waals surface area contributed by atoms with Gasteiger partial charge in [0.15, 0.2) is 0 Å². The van der Waals surface area contributed by atoms with Gasteiger partial charge in [0.25, 0.3) is 0 Å². The Hall–Kier alpha value is -0.930. The van der Waals surface area contributed by atoms with Crippen molar-refractivity contribution < 1.29 is 4.74 Å². The van der Waals surface area contributed by atoms with Gasteiger partial charge in [0.2, 0.25) is 0 Å². The van der Waals surface area contributed by atoms with Crippen LogP contribution in [0.3, 0.4) is 0 Å². The van der Waals surface area contributed by atoms with Crippen molar-refractivity contribution in [2.24, 2.45) is 11.7 Å². The lowest BCUT2D eigenvalue weighted by Crippen LogP contribution is -2.29. The van der Waals surface area contributed by atoms with Crippen molar-refractivity contribution in [1.29, 1.82) is 0 Å². The summed E-state index contributed by atoms with van der Waals surface area (Å²) in [6.07, 6.45) is 6.75. The van der Waals surface area contributed by atoms with Crippen LogP contribution in [0.2, 0.25) is 0 Å². The zero-order chi connectivity index (χ0) is 11.8. The number of hydrogen-bond acceptors (Lipinski definition) is 3. The lowest BCUT2D eigenvalue weighted by molar-refractivity contribution is 0.173. The van der Waals surface area contributed by atoms with E-state index in [1.54, 1.807) is 13.3 Å². The molecular formula is C13H22N2O. The molecule has 0 saturated heterocycles. The minimum Gasteiger partial charge on any atom is -0.385 e. The summed E-state index contributed by atoms with van der Waals surface area (Å²) < 4.78 is 5.06. The Labute approximate surface area is 98.0 Å². The summed E-state index contributed by atoms with van der Waals surface area (Å²) >= 11 is 0. The number of methoxy groups -OCH3 is 1. The Morgan fingerprint density at radius 1 is 1.44 bits per heavy atom. The second-order valence-corrected chi connectivity index (χ2v) is 4.32. The van der Waals surface area contributed by atoms with Crippen LogP contribution < -0.4 is 5.73 Å². The fourth-order valence-corrected chi connectivity index (χ4v) is 1.68. The van der Waals surface area contributed by atoms with E-state index in [1.165, 1.54) is 5.56 Å². The molecule has 0 aliphatic heterocycles. The molecule has 2 atom stereocenters. The molecule has 2 unspecified atom stereocenters. The van der Waals surface area contributed by atoms with Gasteiger partial charge in [-0.2, -0.15) is 0 Å². The van der Waals surface area contributed by atoms with Crippen LogP contribution >= 0.6 is 0 Å². The quantitative estimate of drug-likeness (QED) is 0.767. The van der Waals surface area contributed by atoms with Crippen LogP contribution in [0.25, 0.3) is 0 Å². The van der Waals surface area contributed by atoms with E-state index in [0.717, 1.165) is 25.9 Å². The summed E-state index contributed by atoms with van der Waals surface area (Å²) in [6.45, 7) is 2.98. The average molecular weight is 222 g/mol. The third-order valence-corrected chi connectivity index (χ3v) is 3.00. The first-order valence-electron chi connectivity index (χ1n) is 5.87. The van der Waals surface area contributed by atoms with E-state index in [-0.39, 0.29) is 6.04 Å². The molecule has 0 bridgehead atoms. The minimum absolute atomic E-state index is 0.246. The Balaban J connectivity index is 2.26. The number of aromatic nitrogens is 1. The fourth-order valence-electron chi connectivity index (χ4n) is 1.68. The molecule has 0 aliphatic rings. The molecule has 1 rings (SSSR count). The molecule has 0 aliphatic carbocycles. The minimum atomic E-state index is 0.246. The van der Waals surface area contributed by atoms with Crippen LogP contribution in [-0.2, 0) is 11.2 Å². The van der Waals surface area contributed by atoms with Gasteiger partial charge in [-0.1, -0.05) is 13.0 Å². The van der Waals surface area contributed by atoms with Crippen molar-refractivity contribution in [3.8, 4) is 0 Å². The third-order valence-electron chi connectivity index (χ3n) is 3.00. The number of pyridine rings is 1. The van der Waals surface area contributed by atoms with Crippen molar-refractivity contribution in [3.05, 3.63) is 30.1 Å². The number of aryl methyl sites for hydroxylation is 1. The first-order valence-corrected chi connectivity index (χ1v) is 5.87. The molecule has 2 N–H and O–H groups in total. The monoisotopic (exact) mass is 222 g/mol. The maximum Gasteiger partial charge on any atom is 0.0465 e. The van der Waals surface area contributed by atoms with E-state index in [0.29, 0.717) is 5.92 Å². The Bertz CT molecular complexity index is 277. The first-order chi connectivity index (χ1) is 7.74. The molecule has 1 aromatic heterocycles. The Kier molecular flexibility index (Phi) is 6.04. The number of nitrogens with two attached hydrogens (primary N) is 1. The van der Waals surface area contributed by atoms with E-state index >= 15 is 0 Å². The molecule has 0 saturated carbocycles. The van der Waals surface area contributed by atoms with E-state index in [2.05, 4.69) is 18.0 Å². The summed E-state index contributed by atoms with van der Waals surface area (Å²) in [5.74, 6) is 0.511. The van der Waals surface area contributed by atoms with Gasteiger partial charge in [0, 0.05) is 32.2 Å². The predicted octanol–water partition coefficient (Wildman–Crippen LogP) is 2.01. The van der Waals surface area contributed by atoms with Gasteiger partial charge in [0.05, 0.1) is 0 Å². The lowest BCUT2D eigenvalue weighted by Gasteiger charge is -2.19. The van der Waals surface area contributed by atoms with Crippen LogP contribution in [0.1, 0.15) is 25.3 Å². The van der Waals surface area contributed by atoms with Crippen LogP contribution in [0.5, 0.6) is 0 Å². The molecule has 0 fully saturated rings. The Morgan fingerprint density at radius 2 is 2.25 bits per heavy atom. The summed E-state index contributed by atoms with van der Waals surface area (Å²) in [6, 6.07) is 4.31. The van der Waals surface area contributed by atoms with Crippen molar-refractivity contribution in [1.82, 2.24) is 4.98 Å². The van der Waals surface area contributed by atoms with Gasteiger partial charge >= 0.3 is 0 Å². The van der Waals surface area contributed by atoms with Crippen molar-refractivity contribution >= 4 is 0 Å². The summed E-state index contributed by atoms with van der Waals surface area (Å²) in [7, 11) is 1.73. The van der Waals surface area contributed by atoms with Gasteiger partial charge in [-0.15, -0.1) is 0 Å². The largest absolute Gasteiger partial charge is 0.385 e. The predicted molar refractivity (Wildman–Crippen MR) is 66.2 cm³/mol. The van der Waals surface area contributed by atoms with Gasteiger partial charge < -0.3 is 10.5 Å². The lowest BCUT2D eigenvalue weighted by atomic mass is 9.94. The smallest absolute Gasteiger partial charge is 0.0465 e. The van der Waals surface area contributed by atoms with Crippen LogP contribution in [0.15, 0.2) is 24.5 Å². The van der Waals surface area contributed by atoms with E-state index < -0.39 is 0 Å². The molecule has 90 valence electrons. The second kappa shape index (κ2) is 7.36. The number of hydrogen-bond donors (Lipinski definition) is 1. The molecular weight excluding hydrogens is 200 g/mol. The van der Waals surface area contributed by atoms with E-state index in [1.807, 2.05) is 12.3 Å². The number of nitrogens with zero attached hydrogens (tertiary/aromatic N) is 1. The van der Waals surface area contributed by atoms with Gasteiger partial charge in [-0.3, -0.25) is 4.98 Å². The summed E-state index contributed by atoms with van der Waals surface area (Å²) in [4.78, 5) is 4.10. The van der Waals surface area contributed by atoms with Gasteiger partial charge in [-0.25, -0.2) is 0 Å². The van der Waals surface area contributed by atoms with E-state index in [9.17, 15) is 0 Å². The molecule has 1 aromatic rings. The maximum absolute atomic E-state index is 6.13. The molecule has 0 spiro atoms. The van der Waals surface area contributed by atoms with Crippen molar-refractivity contribution in [2.75, 3.05) is 13.7 Å². The normalized spacial score (nSPS) is 14.7. The number of rotatable bonds is 7. The highest BCUT2D eigenvalue weighted by molar-refractivity contribution is 5.08. The van der Waals surface area contributed by atoms with Gasteiger partial charge in [0.1, 0.15) is 0 Å². The summed E-state index contributed by atoms with van der Waals surface area (Å²) in [5, 5.41) is 0. The highest BCUT2D eigenvalue weighted by atomic mass is 16.5. The SMILES string of the molecule is COCCC(C)C(N)CCc1cccnc1. The number of ether oxygens (including phenoxy) is 1. The molecule has 3 heteroatoms. The molecule has 0 amide bonds.